The number of hydrogen-bond acceptors (Lipinski definition) is 1. The van der Waals surface area contributed by atoms with Crippen LogP contribution in [0.3, 0.4) is 0 Å². The van der Waals surface area contributed by atoms with Crippen molar-refractivity contribution < 1.29 is 0 Å². The van der Waals surface area contributed by atoms with Crippen LogP contribution in [-0.2, 0) is 13.0 Å². The molecule has 0 spiro atoms. The summed E-state index contributed by atoms with van der Waals surface area (Å²) in [6.45, 7) is 8.45. The number of aryl methyl sites for hydroxylation is 4. The fraction of sp³-hybridized carbons (Fsp3) is 0.500. The van der Waals surface area contributed by atoms with Gasteiger partial charge in [0.2, 0.25) is 0 Å². The molecule has 2 rings (SSSR count). The van der Waals surface area contributed by atoms with Crippen LogP contribution >= 0.6 is 0 Å². The zero-order valence-corrected chi connectivity index (χ0v) is 11.8. The van der Waals surface area contributed by atoms with Crippen molar-refractivity contribution in [1.82, 2.24) is 4.57 Å². The van der Waals surface area contributed by atoms with Gasteiger partial charge in [0.05, 0.1) is 5.52 Å². The van der Waals surface area contributed by atoms with Gasteiger partial charge in [0.15, 0.2) is 0 Å². The predicted octanol–water partition coefficient (Wildman–Crippen LogP) is 3.56. The fourth-order valence-electron chi connectivity index (χ4n) is 2.79. The normalized spacial score (nSPS) is 11.3. The first-order valence-electron chi connectivity index (χ1n) is 6.97. The maximum Gasteiger partial charge on any atom is 0.0515 e. The van der Waals surface area contributed by atoms with E-state index in [0.29, 0.717) is 0 Å². The minimum absolute atomic E-state index is 0.758. The van der Waals surface area contributed by atoms with Gasteiger partial charge >= 0.3 is 0 Å². The van der Waals surface area contributed by atoms with Crippen molar-refractivity contribution in [3.8, 4) is 0 Å². The van der Waals surface area contributed by atoms with Crippen molar-refractivity contribution in [1.29, 1.82) is 0 Å². The third kappa shape index (κ3) is 2.30. The van der Waals surface area contributed by atoms with E-state index < -0.39 is 0 Å². The van der Waals surface area contributed by atoms with Crippen LogP contribution < -0.4 is 5.73 Å². The van der Waals surface area contributed by atoms with E-state index in [1.54, 1.807) is 0 Å². The molecule has 0 fully saturated rings. The van der Waals surface area contributed by atoms with Crippen LogP contribution in [0.4, 0.5) is 0 Å². The van der Waals surface area contributed by atoms with Gasteiger partial charge in [-0.2, -0.15) is 0 Å². The van der Waals surface area contributed by atoms with Gasteiger partial charge < -0.3 is 10.3 Å². The molecule has 0 bridgehead atoms. The Kier molecular flexibility index (Phi) is 4.07. The summed E-state index contributed by atoms with van der Waals surface area (Å²) in [5.74, 6) is 0. The Morgan fingerprint density at radius 3 is 2.56 bits per heavy atom. The summed E-state index contributed by atoms with van der Waals surface area (Å²) in [7, 11) is 0. The van der Waals surface area contributed by atoms with Gasteiger partial charge in [-0.3, -0.25) is 0 Å². The molecular formula is C16H24N2. The van der Waals surface area contributed by atoms with Crippen molar-refractivity contribution in [2.75, 3.05) is 6.54 Å². The highest BCUT2D eigenvalue weighted by Crippen LogP contribution is 2.28. The van der Waals surface area contributed by atoms with Crippen LogP contribution in [0, 0.1) is 13.8 Å². The number of nitrogens with two attached hydrogens (primary N) is 1. The van der Waals surface area contributed by atoms with Crippen LogP contribution in [0.15, 0.2) is 18.3 Å². The SMILES string of the molecule is CCCc1cn(CCCN)c2c(C)ccc(C)c12. The molecule has 2 N–H and O–H groups in total. The summed E-state index contributed by atoms with van der Waals surface area (Å²) < 4.78 is 2.40. The Balaban J connectivity index is 2.60. The molecule has 0 saturated carbocycles. The second-order valence-corrected chi connectivity index (χ2v) is 5.16. The molecule has 0 amide bonds. The molecule has 18 heavy (non-hydrogen) atoms. The van der Waals surface area contributed by atoms with Crippen LogP contribution in [0.25, 0.3) is 10.9 Å². The lowest BCUT2D eigenvalue weighted by atomic mass is 10.0. The molecule has 1 aromatic carbocycles. The van der Waals surface area contributed by atoms with Crippen molar-refractivity contribution >= 4 is 10.9 Å². The molecule has 98 valence electrons. The predicted molar refractivity (Wildman–Crippen MR) is 79.1 cm³/mol. The van der Waals surface area contributed by atoms with Gasteiger partial charge in [-0.25, -0.2) is 0 Å². The van der Waals surface area contributed by atoms with Crippen LogP contribution in [-0.4, -0.2) is 11.1 Å². The smallest absolute Gasteiger partial charge is 0.0515 e. The summed E-state index contributed by atoms with van der Waals surface area (Å²) in [4.78, 5) is 0. The quantitative estimate of drug-likeness (QED) is 0.856. The maximum atomic E-state index is 5.64. The van der Waals surface area contributed by atoms with E-state index in [1.807, 2.05) is 0 Å². The molecule has 2 heteroatoms. The average Bonchev–Trinajstić information content (AvgIpc) is 2.72. The third-order valence-corrected chi connectivity index (χ3v) is 3.63. The van der Waals surface area contributed by atoms with E-state index in [0.717, 1.165) is 25.9 Å². The zero-order chi connectivity index (χ0) is 13.1. The van der Waals surface area contributed by atoms with Crippen molar-refractivity contribution in [3.63, 3.8) is 0 Å². The molecule has 0 unspecified atom stereocenters. The van der Waals surface area contributed by atoms with Gasteiger partial charge in [-0.05, 0) is 49.9 Å². The molecule has 0 saturated heterocycles. The Morgan fingerprint density at radius 1 is 1.17 bits per heavy atom. The first-order chi connectivity index (χ1) is 8.69. The fourth-order valence-corrected chi connectivity index (χ4v) is 2.79. The Labute approximate surface area is 110 Å². The number of aromatic nitrogens is 1. The van der Waals surface area contributed by atoms with E-state index in [1.165, 1.54) is 34.0 Å². The van der Waals surface area contributed by atoms with Crippen molar-refractivity contribution in [2.45, 2.75) is 46.6 Å². The van der Waals surface area contributed by atoms with E-state index >= 15 is 0 Å². The molecule has 0 atom stereocenters. The Bertz CT molecular complexity index is 538. The van der Waals surface area contributed by atoms with Crippen molar-refractivity contribution in [3.05, 3.63) is 35.0 Å². The van der Waals surface area contributed by atoms with E-state index in [-0.39, 0.29) is 0 Å². The number of nitrogens with zero attached hydrogens (tertiary/aromatic N) is 1. The van der Waals surface area contributed by atoms with Crippen molar-refractivity contribution in [2.24, 2.45) is 5.73 Å². The second kappa shape index (κ2) is 5.57. The lowest BCUT2D eigenvalue weighted by molar-refractivity contribution is 0.667. The number of benzene rings is 1. The van der Waals surface area contributed by atoms with E-state index in [2.05, 4.69) is 43.7 Å². The molecule has 0 aliphatic heterocycles. The first kappa shape index (κ1) is 13.2. The van der Waals surface area contributed by atoms with E-state index in [9.17, 15) is 0 Å². The molecular weight excluding hydrogens is 220 g/mol. The maximum absolute atomic E-state index is 5.64. The Hall–Kier alpha value is -1.28. The largest absolute Gasteiger partial charge is 0.347 e. The number of fused-ring (bicyclic) bond motifs is 1. The molecule has 0 aliphatic carbocycles. The van der Waals surface area contributed by atoms with Crippen LogP contribution in [0.2, 0.25) is 0 Å². The minimum Gasteiger partial charge on any atom is -0.347 e. The lowest BCUT2D eigenvalue weighted by Crippen LogP contribution is -2.05. The molecule has 0 aliphatic rings. The van der Waals surface area contributed by atoms with Crippen LogP contribution in [0.1, 0.15) is 36.5 Å². The average molecular weight is 244 g/mol. The van der Waals surface area contributed by atoms with Gasteiger partial charge in [0, 0.05) is 18.1 Å². The molecule has 2 nitrogen and oxygen atoms in total. The number of rotatable bonds is 5. The summed E-state index contributed by atoms with van der Waals surface area (Å²) in [5, 5.41) is 1.47. The number of hydrogen-bond donors (Lipinski definition) is 1. The minimum atomic E-state index is 0.758. The van der Waals surface area contributed by atoms with Crippen LogP contribution in [0.5, 0.6) is 0 Å². The molecule has 2 aromatic rings. The summed E-state index contributed by atoms with van der Waals surface area (Å²) >= 11 is 0. The van der Waals surface area contributed by atoms with E-state index in [4.69, 9.17) is 5.73 Å². The Morgan fingerprint density at radius 2 is 1.89 bits per heavy atom. The lowest BCUT2D eigenvalue weighted by Gasteiger charge is -2.07. The van der Waals surface area contributed by atoms with Gasteiger partial charge in [-0.15, -0.1) is 0 Å². The summed E-state index contributed by atoms with van der Waals surface area (Å²) in [6, 6.07) is 4.47. The third-order valence-electron chi connectivity index (χ3n) is 3.63. The second-order valence-electron chi connectivity index (χ2n) is 5.16. The standard InChI is InChI=1S/C16H24N2/c1-4-6-14-11-18(10-5-9-17)16-13(3)8-7-12(2)15(14)16/h7-8,11H,4-6,9-10,17H2,1-3H3. The van der Waals surface area contributed by atoms with Gasteiger partial charge in [-0.1, -0.05) is 25.5 Å². The van der Waals surface area contributed by atoms with Gasteiger partial charge in [0.1, 0.15) is 0 Å². The monoisotopic (exact) mass is 244 g/mol. The highest BCUT2D eigenvalue weighted by Gasteiger charge is 2.11. The van der Waals surface area contributed by atoms with Gasteiger partial charge in [0.25, 0.3) is 0 Å². The molecule has 1 aromatic heterocycles. The highest BCUT2D eigenvalue weighted by atomic mass is 15.0. The summed E-state index contributed by atoms with van der Waals surface area (Å²) in [5.41, 5.74) is 11.3. The summed E-state index contributed by atoms with van der Waals surface area (Å²) in [6.07, 6.45) is 5.74. The molecule has 1 heterocycles. The zero-order valence-electron chi connectivity index (χ0n) is 11.8. The topological polar surface area (TPSA) is 30.9 Å². The molecule has 0 radical (unpaired) electrons. The highest BCUT2D eigenvalue weighted by molar-refractivity contribution is 5.89. The first-order valence-corrected chi connectivity index (χ1v) is 6.97.